The van der Waals surface area contributed by atoms with Crippen molar-refractivity contribution in [2.45, 2.75) is 18.8 Å². The Labute approximate surface area is 189 Å². The Hall–Kier alpha value is -2.55. The molecule has 9 heteroatoms. The molecule has 2 saturated heterocycles. The van der Waals surface area contributed by atoms with Crippen molar-refractivity contribution in [3.8, 4) is 0 Å². The zero-order valence-electron chi connectivity index (χ0n) is 18.6. The maximum absolute atomic E-state index is 13.5. The van der Waals surface area contributed by atoms with Gasteiger partial charge in [0.1, 0.15) is 5.82 Å². The molecule has 2 fully saturated rings. The monoisotopic (exact) mass is 463 g/mol. The molecule has 4 rings (SSSR count). The van der Waals surface area contributed by atoms with Crippen LogP contribution in [0.4, 0.5) is 31.7 Å². The van der Waals surface area contributed by atoms with Crippen LogP contribution >= 0.6 is 10.0 Å². The molecule has 2 aliphatic heterocycles. The number of anilines is 4. The summed E-state index contributed by atoms with van der Waals surface area (Å²) >= 11 is 0. The molecule has 1 aromatic carbocycles. The Kier molecular flexibility index (Phi) is 6.20. The minimum atomic E-state index is -2.61. The fraction of sp³-hybridized carbons (Fsp3) is 0.478. The molecule has 2 aliphatic rings. The lowest BCUT2D eigenvalue weighted by Crippen LogP contribution is -2.39. The molecule has 0 radical (unpaired) electrons. The Morgan fingerprint density at radius 3 is 2.44 bits per heavy atom. The molecule has 6 nitrogen and oxygen atoms in total. The SMILES string of the molecule is CS1(C)CCN(c2cc(N)ccc2C(=O)Nc2ccnc(N3CCC(F)(F)CC3)c2)CC1. The van der Waals surface area contributed by atoms with E-state index in [2.05, 4.69) is 27.7 Å². The molecule has 0 bridgehead atoms. The Bertz CT molecular complexity index is 980. The highest BCUT2D eigenvalue weighted by molar-refractivity contribution is 8.32. The van der Waals surface area contributed by atoms with Gasteiger partial charge in [-0.05, 0) is 48.3 Å². The van der Waals surface area contributed by atoms with E-state index in [9.17, 15) is 13.6 Å². The lowest BCUT2D eigenvalue weighted by Gasteiger charge is -2.42. The lowest BCUT2D eigenvalue weighted by molar-refractivity contribution is -0.0221. The second-order valence-corrected chi connectivity index (χ2v) is 13.5. The second-order valence-electron chi connectivity index (χ2n) is 9.14. The van der Waals surface area contributed by atoms with E-state index in [0.29, 0.717) is 22.8 Å². The summed E-state index contributed by atoms with van der Waals surface area (Å²) in [6.45, 7) is 2.30. The molecule has 3 N–H and O–H groups in total. The summed E-state index contributed by atoms with van der Waals surface area (Å²) < 4.78 is 27.0. The zero-order valence-corrected chi connectivity index (χ0v) is 19.4. The first-order chi connectivity index (χ1) is 15.1. The molecule has 0 saturated carbocycles. The highest BCUT2D eigenvalue weighted by atomic mass is 32.3. The van der Waals surface area contributed by atoms with Crippen molar-refractivity contribution >= 4 is 38.8 Å². The molecular formula is C23H31F2N5OS. The third-order valence-corrected chi connectivity index (χ3v) is 8.83. The van der Waals surface area contributed by atoms with Crippen molar-refractivity contribution in [2.75, 3.05) is 71.0 Å². The molecule has 1 aromatic heterocycles. The number of nitrogen functional groups attached to an aromatic ring is 1. The second kappa shape index (κ2) is 8.77. The fourth-order valence-electron chi connectivity index (χ4n) is 4.10. The van der Waals surface area contributed by atoms with E-state index in [0.717, 1.165) is 30.3 Å². The summed E-state index contributed by atoms with van der Waals surface area (Å²) in [5.41, 5.74) is 8.68. The summed E-state index contributed by atoms with van der Waals surface area (Å²) in [7, 11) is -0.570. The molecule has 0 unspecified atom stereocenters. The average molecular weight is 464 g/mol. The first-order valence-corrected chi connectivity index (χ1v) is 13.6. The van der Waals surface area contributed by atoms with Crippen molar-refractivity contribution in [1.82, 2.24) is 4.98 Å². The van der Waals surface area contributed by atoms with Crippen LogP contribution in [0.1, 0.15) is 23.2 Å². The van der Waals surface area contributed by atoms with Crippen LogP contribution in [0.15, 0.2) is 36.5 Å². The smallest absolute Gasteiger partial charge is 0.257 e. The quantitative estimate of drug-likeness (QED) is 0.670. The number of carbonyl (C=O) groups is 1. The van der Waals surface area contributed by atoms with Crippen molar-refractivity contribution in [3.63, 3.8) is 0 Å². The van der Waals surface area contributed by atoms with Crippen LogP contribution in [0.25, 0.3) is 0 Å². The first-order valence-electron chi connectivity index (χ1n) is 10.9. The number of piperidine rings is 1. The van der Waals surface area contributed by atoms with Crippen LogP contribution in [0.2, 0.25) is 0 Å². The van der Waals surface area contributed by atoms with E-state index in [1.807, 2.05) is 11.0 Å². The number of nitrogens with zero attached hydrogens (tertiary/aromatic N) is 3. The number of hydrogen-bond donors (Lipinski definition) is 2. The number of hydrogen-bond acceptors (Lipinski definition) is 5. The normalized spacial score (nSPS) is 21.1. The number of aromatic nitrogens is 1. The number of alkyl halides is 2. The number of rotatable bonds is 4. The molecule has 32 heavy (non-hydrogen) atoms. The van der Waals surface area contributed by atoms with Crippen LogP contribution in [0.5, 0.6) is 0 Å². The highest BCUT2D eigenvalue weighted by Gasteiger charge is 2.34. The van der Waals surface area contributed by atoms with Crippen molar-refractivity contribution in [3.05, 3.63) is 42.1 Å². The average Bonchev–Trinajstić information content (AvgIpc) is 2.74. The molecule has 0 atom stereocenters. The van der Waals surface area contributed by atoms with Gasteiger partial charge in [-0.2, -0.15) is 0 Å². The number of nitrogens with one attached hydrogen (secondary N) is 1. The Morgan fingerprint density at radius 1 is 1.06 bits per heavy atom. The summed E-state index contributed by atoms with van der Waals surface area (Å²) in [6.07, 6.45) is 5.92. The first kappa shape index (κ1) is 22.6. The molecule has 0 aliphatic carbocycles. The summed E-state index contributed by atoms with van der Waals surface area (Å²) in [5, 5.41) is 2.95. The maximum atomic E-state index is 13.5. The number of nitrogens with two attached hydrogens (primary N) is 1. The van der Waals surface area contributed by atoms with Gasteiger partial charge in [0.25, 0.3) is 11.8 Å². The van der Waals surface area contributed by atoms with E-state index in [4.69, 9.17) is 5.73 Å². The summed E-state index contributed by atoms with van der Waals surface area (Å²) in [5.74, 6) is 0.0206. The van der Waals surface area contributed by atoms with Crippen LogP contribution in [-0.2, 0) is 0 Å². The van der Waals surface area contributed by atoms with Gasteiger partial charge in [-0.25, -0.2) is 23.8 Å². The van der Waals surface area contributed by atoms with Crippen LogP contribution < -0.4 is 20.9 Å². The Balaban J connectivity index is 1.50. The maximum Gasteiger partial charge on any atom is 0.257 e. The van der Waals surface area contributed by atoms with Crippen LogP contribution in [0.3, 0.4) is 0 Å². The van der Waals surface area contributed by atoms with E-state index in [1.54, 1.807) is 30.5 Å². The Morgan fingerprint density at radius 2 is 1.75 bits per heavy atom. The van der Waals surface area contributed by atoms with Gasteiger partial charge in [0.2, 0.25) is 0 Å². The van der Waals surface area contributed by atoms with Gasteiger partial charge in [-0.3, -0.25) is 4.79 Å². The number of pyridine rings is 1. The third-order valence-electron chi connectivity index (χ3n) is 6.26. The van der Waals surface area contributed by atoms with E-state index in [-0.39, 0.29) is 31.8 Å². The molecule has 2 aromatic rings. The zero-order chi connectivity index (χ0) is 22.9. The van der Waals surface area contributed by atoms with Crippen molar-refractivity contribution in [2.24, 2.45) is 0 Å². The predicted molar refractivity (Wildman–Crippen MR) is 131 cm³/mol. The number of halogens is 2. The third kappa shape index (κ3) is 5.26. The van der Waals surface area contributed by atoms with Crippen LogP contribution in [0, 0.1) is 0 Å². The fourth-order valence-corrected chi connectivity index (χ4v) is 5.74. The van der Waals surface area contributed by atoms with Gasteiger partial charge in [0.05, 0.1) is 11.3 Å². The number of amides is 1. The minimum Gasteiger partial charge on any atom is -0.399 e. The molecule has 3 heterocycles. The topological polar surface area (TPSA) is 74.5 Å². The number of benzene rings is 1. The predicted octanol–water partition coefficient (Wildman–Crippen LogP) is 4.04. The molecule has 0 spiro atoms. The summed E-state index contributed by atoms with van der Waals surface area (Å²) in [4.78, 5) is 21.6. The standard InChI is InChI=1S/C23H31F2N5OS/c1-32(2)13-11-29(12-14-32)20-15-17(26)3-4-19(20)22(31)28-18-5-8-27-21(16-18)30-9-6-23(24,25)7-10-30/h3-5,8,15-16H,6-7,9-14,26H2,1-2H3,(H,27,28,31). The van der Waals surface area contributed by atoms with Gasteiger partial charge in [0, 0.05) is 62.7 Å². The van der Waals surface area contributed by atoms with Gasteiger partial charge in [0.15, 0.2) is 0 Å². The minimum absolute atomic E-state index is 0.186. The van der Waals surface area contributed by atoms with Crippen molar-refractivity contribution < 1.29 is 13.6 Å². The molecule has 174 valence electrons. The number of carbonyl (C=O) groups excluding carboxylic acids is 1. The van der Waals surface area contributed by atoms with E-state index < -0.39 is 16.0 Å². The molecular weight excluding hydrogens is 432 g/mol. The molecule has 1 amide bonds. The van der Waals surface area contributed by atoms with Crippen molar-refractivity contribution in [1.29, 1.82) is 0 Å². The highest BCUT2D eigenvalue weighted by Crippen LogP contribution is 2.43. The van der Waals surface area contributed by atoms with E-state index in [1.165, 1.54) is 0 Å². The van der Waals surface area contributed by atoms with E-state index >= 15 is 0 Å². The van der Waals surface area contributed by atoms with Gasteiger partial charge in [-0.1, -0.05) is 0 Å². The lowest BCUT2D eigenvalue weighted by atomic mass is 10.1. The summed E-state index contributed by atoms with van der Waals surface area (Å²) in [6, 6.07) is 8.83. The van der Waals surface area contributed by atoms with Gasteiger partial charge >= 0.3 is 0 Å². The van der Waals surface area contributed by atoms with Gasteiger partial charge < -0.3 is 20.9 Å². The van der Waals surface area contributed by atoms with Crippen LogP contribution in [-0.4, -0.2) is 67.0 Å². The van der Waals surface area contributed by atoms with Gasteiger partial charge in [-0.15, -0.1) is 0 Å². The largest absolute Gasteiger partial charge is 0.399 e.